The number of benzene rings is 1. The molecule has 0 aliphatic carbocycles. The fourth-order valence-corrected chi connectivity index (χ4v) is 3.08. The Morgan fingerprint density at radius 2 is 1.85 bits per heavy atom. The number of hydrogen-bond acceptors (Lipinski definition) is 7. The summed E-state index contributed by atoms with van der Waals surface area (Å²) in [6, 6.07) is 5.96. The summed E-state index contributed by atoms with van der Waals surface area (Å²) in [6.07, 6.45) is -4.72. The zero-order chi connectivity index (χ0) is 19.4. The molecule has 0 amide bonds. The average molecular weight is 395 g/mol. The number of methoxy groups -OCH3 is 1. The van der Waals surface area contributed by atoms with Gasteiger partial charge in [0, 0.05) is 12.7 Å². The fraction of sp³-hybridized carbons (Fsp3) is 0.429. The fourth-order valence-electron chi connectivity index (χ4n) is 1.93. The van der Waals surface area contributed by atoms with Crippen LogP contribution in [-0.4, -0.2) is 49.6 Å². The van der Waals surface area contributed by atoms with E-state index in [1.807, 2.05) is 0 Å². The summed E-state index contributed by atoms with van der Waals surface area (Å²) in [7, 11) is -1.09. The van der Waals surface area contributed by atoms with Crippen LogP contribution in [0, 0.1) is 0 Å². The topological polar surface area (TPSA) is 94.8 Å². The third-order valence-electron chi connectivity index (χ3n) is 3.25. The molecule has 0 aliphatic heterocycles. The number of ether oxygens (including phenoxy) is 1. The smallest absolute Gasteiger partial charge is 0.384 e. The number of rotatable bonds is 8. The van der Waals surface area contributed by atoms with Gasteiger partial charge in [0.25, 0.3) is 0 Å². The Hall–Kier alpha value is -2.02. The number of aromatic nitrogens is 2. The minimum Gasteiger partial charge on any atom is -0.384 e. The Kier molecular flexibility index (Phi) is 6.34. The largest absolute Gasteiger partial charge is 0.471 e. The highest BCUT2D eigenvalue weighted by Gasteiger charge is 2.38. The Labute approximate surface area is 147 Å². The van der Waals surface area contributed by atoms with Crippen molar-refractivity contribution in [2.45, 2.75) is 12.7 Å². The van der Waals surface area contributed by atoms with Crippen molar-refractivity contribution in [2.24, 2.45) is 0 Å². The van der Waals surface area contributed by atoms with Gasteiger partial charge in [-0.2, -0.15) is 18.2 Å². The minimum absolute atomic E-state index is 0.0144. The number of hydroxylamine groups is 1. The summed E-state index contributed by atoms with van der Waals surface area (Å²) in [4.78, 5) is 8.18. The predicted octanol–water partition coefficient (Wildman–Crippen LogP) is 2.09. The van der Waals surface area contributed by atoms with Crippen molar-refractivity contribution in [3.8, 4) is 11.4 Å². The molecule has 1 aromatic heterocycles. The van der Waals surface area contributed by atoms with E-state index >= 15 is 0 Å². The van der Waals surface area contributed by atoms with Crippen LogP contribution in [0.3, 0.4) is 0 Å². The van der Waals surface area contributed by atoms with Crippen LogP contribution in [0.25, 0.3) is 11.4 Å². The standard InChI is InChI=1S/C14H16F3N3O5S/c1-23-7-8-26(21,22)20(24-2)9-10-3-5-11(6-4-10)12-18-13(25-19-12)14(15,16)17/h3-6H,7-9H2,1-2H3. The maximum absolute atomic E-state index is 12.5. The van der Waals surface area contributed by atoms with Crippen molar-refractivity contribution in [3.63, 3.8) is 0 Å². The Morgan fingerprint density at radius 3 is 2.35 bits per heavy atom. The second-order valence-corrected chi connectivity index (χ2v) is 7.05. The zero-order valence-electron chi connectivity index (χ0n) is 13.9. The third-order valence-corrected chi connectivity index (χ3v) is 4.83. The van der Waals surface area contributed by atoms with Crippen LogP contribution in [0.2, 0.25) is 0 Å². The van der Waals surface area contributed by atoms with Crippen LogP contribution >= 0.6 is 0 Å². The van der Waals surface area contributed by atoms with E-state index in [2.05, 4.69) is 14.7 Å². The van der Waals surface area contributed by atoms with E-state index in [0.29, 0.717) is 11.1 Å². The van der Waals surface area contributed by atoms with Crippen molar-refractivity contribution in [1.29, 1.82) is 0 Å². The van der Waals surface area contributed by atoms with Crippen LogP contribution in [0.5, 0.6) is 0 Å². The van der Waals surface area contributed by atoms with Crippen molar-refractivity contribution in [1.82, 2.24) is 14.6 Å². The van der Waals surface area contributed by atoms with Gasteiger partial charge in [0.1, 0.15) is 0 Å². The van der Waals surface area contributed by atoms with Gasteiger partial charge in [0.15, 0.2) is 0 Å². The van der Waals surface area contributed by atoms with Gasteiger partial charge < -0.3 is 9.26 Å². The molecule has 0 saturated carbocycles. The molecule has 144 valence electrons. The van der Waals surface area contributed by atoms with E-state index in [9.17, 15) is 21.6 Å². The first kappa shape index (κ1) is 20.3. The first-order valence-electron chi connectivity index (χ1n) is 7.21. The number of hydrogen-bond donors (Lipinski definition) is 0. The molecule has 0 spiro atoms. The normalized spacial score (nSPS) is 12.7. The van der Waals surface area contributed by atoms with E-state index in [0.717, 1.165) is 4.47 Å². The molecule has 0 fully saturated rings. The van der Waals surface area contributed by atoms with Crippen LogP contribution in [0.4, 0.5) is 13.2 Å². The van der Waals surface area contributed by atoms with E-state index in [-0.39, 0.29) is 24.7 Å². The first-order chi connectivity index (χ1) is 12.2. The van der Waals surface area contributed by atoms with Gasteiger partial charge in [-0.05, 0) is 5.56 Å². The third kappa shape index (κ3) is 5.00. The molecule has 1 heterocycles. The molecule has 0 atom stereocenters. The summed E-state index contributed by atoms with van der Waals surface area (Å²) < 4.78 is 71.4. The van der Waals surface area contributed by atoms with Crippen LogP contribution in [0.1, 0.15) is 11.5 Å². The Bertz CT molecular complexity index is 821. The van der Waals surface area contributed by atoms with E-state index in [4.69, 9.17) is 9.57 Å². The summed E-state index contributed by atoms with van der Waals surface area (Å²) in [5.41, 5.74) is 0.843. The lowest BCUT2D eigenvalue weighted by atomic mass is 10.1. The molecule has 0 aliphatic rings. The monoisotopic (exact) mass is 395 g/mol. The molecule has 2 rings (SSSR count). The molecular formula is C14H16F3N3O5S. The number of halogens is 3. The summed E-state index contributed by atoms with van der Waals surface area (Å²) in [5.74, 6) is -1.91. The maximum atomic E-state index is 12.5. The van der Waals surface area contributed by atoms with Gasteiger partial charge in [-0.3, -0.25) is 4.84 Å². The first-order valence-corrected chi connectivity index (χ1v) is 8.82. The summed E-state index contributed by atoms with van der Waals surface area (Å²) in [6.45, 7) is -0.0661. The number of alkyl halides is 3. The molecular weight excluding hydrogens is 379 g/mol. The molecule has 0 N–H and O–H groups in total. The molecule has 26 heavy (non-hydrogen) atoms. The zero-order valence-corrected chi connectivity index (χ0v) is 14.7. The Morgan fingerprint density at radius 1 is 1.19 bits per heavy atom. The van der Waals surface area contributed by atoms with Gasteiger partial charge in [-0.25, -0.2) is 8.42 Å². The molecule has 2 aromatic rings. The Balaban J connectivity index is 2.12. The maximum Gasteiger partial charge on any atom is 0.471 e. The number of nitrogens with zero attached hydrogens (tertiary/aromatic N) is 3. The second kappa shape index (κ2) is 8.12. The van der Waals surface area contributed by atoms with Crippen LogP contribution in [0.15, 0.2) is 28.8 Å². The van der Waals surface area contributed by atoms with E-state index in [1.54, 1.807) is 0 Å². The van der Waals surface area contributed by atoms with Gasteiger partial charge in [0.05, 0.1) is 26.0 Å². The van der Waals surface area contributed by atoms with Crippen molar-refractivity contribution in [3.05, 3.63) is 35.7 Å². The quantitative estimate of drug-likeness (QED) is 0.632. The van der Waals surface area contributed by atoms with Crippen LogP contribution < -0.4 is 0 Å². The van der Waals surface area contributed by atoms with Gasteiger partial charge in [-0.15, -0.1) is 0 Å². The highest BCUT2D eigenvalue weighted by molar-refractivity contribution is 7.88. The molecule has 8 nitrogen and oxygen atoms in total. The van der Waals surface area contributed by atoms with Crippen LogP contribution in [-0.2, 0) is 32.3 Å². The molecule has 0 bridgehead atoms. The average Bonchev–Trinajstić information content (AvgIpc) is 3.08. The van der Waals surface area contributed by atoms with Gasteiger partial charge >= 0.3 is 12.1 Å². The lowest BCUT2D eigenvalue weighted by Gasteiger charge is -2.19. The summed E-state index contributed by atoms with van der Waals surface area (Å²) >= 11 is 0. The highest BCUT2D eigenvalue weighted by atomic mass is 32.2. The lowest BCUT2D eigenvalue weighted by Crippen LogP contribution is -2.33. The summed E-state index contributed by atoms with van der Waals surface area (Å²) in [5, 5.41) is 3.28. The lowest BCUT2D eigenvalue weighted by molar-refractivity contribution is -0.159. The van der Waals surface area contributed by atoms with Gasteiger partial charge in [-0.1, -0.05) is 33.9 Å². The van der Waals surface area contributed by atoms with E-state index < -0.39 is 22.1 Å². The molecule has 1 aromatic carbocycles. The highest BCUT2D eigenvalue weighted by Crippen LogP contribution is 2.29. The van der Waals surface area contributed by atoms with E-state index in [1.165, 1.54) is 38.5 Å². The predicted molar refractivity (Wildman–Crippen MR) is 83.0 cm³/mol. The molecule has 0 saturated heterocycles. The minimum atomic E-state index is -4.72. The number of sulfonamides is 1. The van der Waals surface area contributed by atoms with Gasteiger partial charge in [0.2, 0.25) is 15.8 Å². The second-order valence-electron chi connectivity index (χ2n) is 5.07. The SMILES string of the molecule is COCCS(=O)(=O)N(Cc1ccc(-c2noc(C(F)(F)F)n2)cc1)OC. The molecule has 12 heteroatoms. The van der Waals surface area contributed by atoms with Crippen molar-refractivity contribution in [2.75, 3.05) is 26.6 Å². The molecule has 0 radical (unpaired) electrons. The van der Waals surface area contributed by atoms with Crippen molar-refractivity contribution >= 4 is 10.0 Å². The molecule has 0 unspecified atom stereocenters. The van der Waals surface area contributed by atoms with Crippen molar-refractivity contribution < 1.29 is 35.7 Å².